The number of hydrogen-bond donors (Lipinski definition) is 4. The molecule has 5 N–H and O–H groups in total. The van der Waals surface area contributed by atoms with Crippen LogP contribution in [0.3, 0.4) is 0 Å². The Balaban J connectivity index is 2.40. The number of nitrogens with two attached hydrogens (primary N) is 1. The fourth-order valence-electron chi connectivity index (χ4n) is 1.08. The number of hydrogen-bond acceptors (Lipinski definition) is 5. The molecule has 0 aliphatic carbocycles. The molecule has 1 fully saturated rings. The Morgan fingerprint density at radius 3 is 2.55 bits per heavy atom. The Morgan fingerprint density at radius 2 is 2.18 bits per heavy atom. The molecule has 66 valence electrons. The number of aliphatic hydroxyl groups is 3. The van der Waals surface area contributed by atoms with Crippen LogP contribution in [0.15, 0.2) is 0 Å². The van der Waals surface area contributed by atoms with Gasteiger partial charge in [0.1, 0.15) is 6.10 Å². The molecule has 0 amide bonds. The Morgan fingerprint density at radius 1 is 1.55 bits per heavy atom. The van der Waals surface area contributed by atoms with Crippen molar-refractivity contribution in [3.05, 3.63) is 0 Å². The van der Waals surface area contributed by atoms with E-state index < -0.39 is 24.6 Å². The lowest BCUT2D eigenvalue weighted by Gasteiger charge is -2.14. The van der Waals surface area contributed by atoms with E-state index in [-0.39, 0.29) is 13.0 Å². The molecule has 1 heterocycles. The van der Waals surface area contributed by atoms with Crippen LogP contribution < -0.4 is 5.73 Å². The lowest BCUT2D eigenvalue weighted by atomic mass is 10.1. The smallest absolute Gasteiger partial charge is 0.181 e. The monoisotopic (exact) mass is 163 g/mol. The highest BCUT2D eigenvalue weighted by Gasteiger charge is 2.35. The summed E-state index contributed by atoms with van der Waals surface area (Å²) >= 11 is 0. The van der Waals surface area contributed by atoms with E-state index in [2.05, 4.69) is 0 Å². The fraction of sp³-hybridized carbons (Fsp3) is 1.00. The van der Waals surface area contributed by atoms with Crippen molar-refractivity contribution in [2.24, 2.45) is 5.73 Å². The van der Waals surface area contributed by atoms with E-state index in [0.29, 0.717) is 0 Å². The molecule has 5 nitrogen and oxygen atoms in total. The van der Waals surface area contributed by atoms with E-state index in [0.717, 1.165) is 0 Å². The molecule has 0 spiro atoms. The first-order valence-corrected chi connectivity index (χ1v) is 3.55. The van der Waals surface area contributed by atoms with Gasteiger partial charge >= 0.3 is 0 Å². The minimum Gasteiger partial charge on any atom is -0.389 e. The first-order chi connectivity index (χ1) is 5.15. The van der Waals surface area contributed by atoms with Gasteiger partial charge in [0.15, 0.2) is 6.29 Å². The van der Waals surface area contributed by atoms with Gasteiger partial charge in [-0.05, 0) is 0 Å². The Labute approximate surface area is 64.4 Å². The van der Waals surface area contributed by atoms with Crippen molar-refractivity contribution in [2.75, 3.05) is 6.54 Å². The summed E-state index contributed by atoms with van der Waals surface area (Å²) in [7, 11) is 0. The fourth-order valence-corrected chi connectivity index (χ4v) is 1.08. The third-order valence-electron chi connectivity index (χ3n) is 1.79. The van der Waals surface area contributed by atoms with E-state index in [1.165, 1.54) is 0 Å². The van der Waals surface area contributed by atoms with Gasteiger partial charge in [-0.15, -0.1) is 0 Å². The van der Waals surface area contributed by atoms with Crippen LogP contribution in [0.25, 0.3) is 0 Å². The zero-order valence-electron chi connectivity index (χ0n) is 6.05. The third-order valence-corrected chi connectivity index (χ3v) is 1.79. The summed E-state index contributed by atoms with van der Waals surface area (Å²) in [6.45, 7) is 0.0735. The minimum atomic E-state index is -1.18. The predicted octanol–water partition coefficient (Wildman–Crippen LogP) is -2.23. The maximum atomic E-state index is 9.12. The first-order valence-electron chi connectivity index (χ1n) is 3.55. The van der Waals surface area contributed by atoms with Gasteiger partial charge in [0.25, 0.3) is 0 Å². The summed E-state index contributed by atoms with van der Waals surface area (Å²) in [6, 6.07) is 0. The topological polar surface area (TPSA) is 95.9 Å². The molecule has 4 atom stereocenters. The highest BCUT2D eigenvalue weighted by atomic mass is 16.6. The zero-order chi connectivity index (χ0) is 8.43. The summed E-state index contributed by atoms with van der Waals surface area (Å²) < 4.78 is 4.80. The molecule has 1 aliphatic rings. The zero-order valence-corrected chi connectivity index (χ0v) is 6.05. The molecular weight excluding hydrogens is 150 g/mol. The van der Waals surface area contributed by atoms with Crippen molar-refractivity contribution in [2.45, 2.75) is 31.0 Å². The van der Waals surface area contributed by atoms with E-state index in [4.69, 9.17) is 25.8 Å². The van der Waals surface area contributed by atoms with Crippen LogP contribution in [-0.4, -0.2) is 46.5 Å². The molecule has 0 aromatic rings. The average molecular weight is 163 g/mol. The molecule has 1 saturated heterocycles. The average Bonchev–Trinajstić information content (AvgIpc) is 2.31. The van der Waals surface area contributed by atoms with Crippen LogP contribution in [0.4, 0.5) is 0 Å². The SMILES string of the molecule is NC[C@@H](O)[C@@H]1C[C@@H](O)C(O)O1. The van der Waals surface area contributed by atoms with Gasteiger partial charge in [-0.25, -0.2) is 0 Å². The number of rotatable bonds is 2. The Kier molecular flexibility index (Phi) is 2.80. The van der Waals surface area contributed by atoms with Crippen LogP contribution in [-0.2, 0) is 4.74 Å². The van der Waals surface area contributed by atoms with Gasteiger partial charge in [0.05, 0.1) is 12.2 Å². The molecule has 0 saturated carbocycles. The summed E-state index contributed by atoms with van der Waals surface area (Å²) in [4.78, 5) is 0. The number of ether oxygens (including phenoxy) is 1. The summed E-state index contributed by atoms with van der Waals surface area (Å²) in [6.07, 6.45) is -3.19. The van der Waals surface area contributed by atoms with Crippen LogP contribution in [0.5, 0.6) is 0 Å². The highest BCUT2D eigenvalue weighted by molar-refractivity contribution is 4.81. The maximum Gasteiger partial charge on any atom is 0.181 e. The van der Waals surface area contributed by atoms with Gasteiger partial charge in [-0.1, -0.05) is 0 Å². The molecule has 0 aromatic carbocycles. The minimum absolute atomic E-state index is 0.0735. The molecule has 1 aliphatic heterocycles. The Hall–Kier alpha value is -0.200. The van der Waals surface area contributed by atoms with E-state index >= 15 is 0 Å². The largest absolute Gasteiger partial charge is 0.389 e. The lowest BCUT2D eigenvalue weighted by molar-refractivity contribution is -0.143. The molecule has 5 heteroatoms. The third kappa shape index (κ3) is 1.88. The Bertz CT molecular complexity index is 122. The molecule has 0 aromatic heterocycles. The van der Waals surface area contributed by atoms with E-state index in [1.807, 2.05) is 0 Å². The molecule has 0 radical (unpaired) electrons. The summed E-state index contributed by atoms with van der Waals surface area (Å²) in [5.41, 5.74) is 5.15. The molecule has 0 bridgehead atoms. The van der Waals surface area contributed by atoms with E-state index in [1.54, 1.807) is 0 Å². The summed E-state index contributed by atoms with van der Waals surface area (Å²) in [5, 5.41) is 27.0. The van der Waals surface area contributed by atoms with Crippen LogP contribution in [0, 0.1) is 0 Å². The molecular formula is C6H13NO4. The van der Waals surface area contributed by atoms with Gasteiger partial charge < -0.3 is 25.8 Å². The highest BCUT2D eigenvalue weighted by Crippen LogP contribution is 2.20. The van der Waals surface area contributed by atoms with Gasteiger partial charge in [0.2, 0.25) is 0 Å². The van der Waals surface area contributed by atoms with Crippen molar-refractivity contribution in [1.82, 2.24) is 0 Å². The van der Waals surface area contributed by atoms with Gasteiger partial charge in [0, 0.05) is 13.0 Å². The lowest BCUT2D eigenvalue weighted by Crippen LogP contribution is -2.33. The standard InChI is InChI=1S/C6H13NO4/c7-2-4(9)5-1-3(8)6(10)11-5/h3-6,8-10H,1-2,7H2/t3-,4-,5+,6?/m1/s1. The van der Waals surface area contributed by atoms with Crippen LogP contribution >= 0.6 is 0 Å². The molecule has 1 unspecified atom stereocenters. The second-order valence-corrected chi connectivity index (χ2v) is 2.67. The van der Waals surface area contributed by atoms with Crippen molar-refractivity contribution in [3.8, 4) is 0 Å². The van der Waals surface area contributed by atoms with Gasteiger partial charge in [-0.2, -0.15) is 0 Å². The predicted molar refractivity (Wildman–Crippen MR) is 36.6 cm³/mol. The molecule has 1 rings (SSSR count). The van der Waals surface area contributed by atoms with E-state index in [9.17, 15) is 0 Å². The van der Waals surface area contributed by atoms with Crippen LogP contribution in [0.2, 0.25) is 0 Å². The second-order valence-electron chi connectivity index (χ2n) is 2.67. The summed E-state index contributed by atoms with van der Waals surface area (Å²) in [5.74, 6) is 0. The van der Waals surface area contributed by atoms with Crippen molar-refractivity contribution in [3.63, 3.8) is 0 Å². The van der Waals surface area contributed by atoms with Crippen LogP contribution in [0.1, 0.15) is 6.42 Å². The quantitative estimate of drug-likeness (QED) is 0.369. The second kappa shape index (κ2) is 3.46. The van der Waals surface area contributed by atoms with Gasteiger partial charge in [-0.3, -0.25) is 0 Å². The normalized spacial score (nSPS) is 40.9. The first kappa shape index (κ1) is 8.89. The van der Waals surface area contributed by atoms with Crippen molar-refractivity contribution < 1.29 is 20.1 Å². The van der Waals surface area contributed by atoms with Crippen molar-refractivity contribution >= 4 is 0 Å². The maximum absolute atomic E-state index is 9.12. The number of aliphatic hydroxyl groups excluding tert-OH is 3. The van der Waals surface area contributed by atoms with Crippen molar-refractivity contribution in [1.29, 1.82) is 0 Å². The molecule has 11 heavy (non-hydrogen) atoms.